The van der Waals surface area contributed by atoms with Crippen molar-refractivity contribution in [1.82, 2.24) is 15.2 Å². The molecule has 8 nitrogen and oxygen atoms in total. The molecule has 3 N–H and O–H groups in total. The third-order valence-electron chi connectivity index (χ3n) is 4.31. The Kier molecular flexibility index (Phi) is 6.94. The van der Waals surface area contributed by atoms with E-state index in [0.29, 0.717) is 27.1 Å². The van der Waals surface area contributed by atoms with E-state index in [1.807, 2.05) is 0 Å². The van der Waals surface area contributed by atoms with Gasteiger partial charge in [0.05, 0.1) is 33.6 Å². The maximum absolute atomic E-state index is 13.1. The van der Waals surface area contributed by atoms with E-state index in [0.717, 1.165) is 0 Å². The normalized spacial score (nSPS) is 10.7. The summed E-state index contributed by atoms with van der Waals surface area (Å²) >= 11 is 18.2. The van der Waals surface area contributed by atoms with E-state index in [1.165, 1.54) is 23.1 Å². The van der Waals surface area contributed by atoms with Gasteiger partial charge in [0.25, 0.3) is 0 Å². The third kappa shape index (κ3) is 5.41. The minimum absolute atomic E-state index is 0.0717. The van der Waals surface area contributed by atoms with Crippen molar-refractivity contribution in [2.24, 2.45) is 5.73 Å². The fourth-order valence-electron chi connectivity index (χ4n) is 2.80. The predicted molar refractivity (Wildman–Crippen MR) is 118 cm³/mol. The second-order valence-electron chi connectivity index (χ2n) is 6.60. The second-order valence-corrected chi connectivity index (χ2v) is 7.82. The molecular formula is C20H16Cl3N5O3. The van der Waals surface area contributed by atoms with Crippen LogP contribution in [0.25, 0.3) is 0 Å². The number of aromatic amines is 1. The van der Waals surface area contributed by atoms with Crippen LogP contribution in [0, 0.1) is 6.92 Å². The van der Waals surface area contributed by atoms with Gasteiger partial charge in [0.2, 0.25) is 23.4 Å². The molecule has 0 saturated carbocycles. The molecule has 2 amide bonds. The molecule has 0 radical (unpaired) electrons. The SMILES string of the molecule is Cc1nc(C(=O)CC(=O)N(Cc2ccc(Cl)c(Cl)c2)c2ccc(C(N)=O)c(Cl)c2)n[nH]1. The monoisotopic (exact) mass is 479 g/mol. The van der Waals surface area contributed by atoms with Crippen LogP contribution in [0.15, 0.2) is 36.4 Å². The predicted octanol–water partition coefficient (Wildman–Crippen LogP) is 3.98. The summed E-state index contributed by atoms with van der Waals surface area (Å²) in [7, 11) is 0. The highest BCUT2D eigenvalue weighted by Crippen LogP contribution is 2.28. The number of carbonyl (C=O) groups excluding carboxylic acids is 3. The molecule has 1 aromatic heterocycles. The minimum atomic E-state index is -0.700. The fraction of sp³-hybridized carbons (Fsp3) is 0.150. The van der Waals surface area contributed by atoms with Crippen molar-refractivity contribution >= 4 is 58.1 Å². The number of carbonyl (C=O) groups is 3. The Morgan fingerprint density at radius 2 is 1.77 bits per heavy atom. The lowest BCUT2D eigenvalue weighted by Gasteiger charge is -2.23. The topological polar surface area (TPSA) is 122 Å². The molecule has 0 spiro atoms. The van der Waals surface area contributed by atoms with Crippen LogP contribution in [-0.2, 0) is 11.3 Å². The van der Waals surface area contributed by atoms with Gasteiger partial charge < -0.3 is 10.6 Å². The van der Waals surface area contributed by atoms with Crippen molar-refractivity contribution in [3.05, 3.63) is 74.2 Å². The standard InChI is InChI=1S/C20H16Cl3N5O3/c1-10-25-20(27-26-10)17(29)8-18(30)28(9-11-2-5-14(21)16(23)6-11)12-3-4-13(19(24)31)15(22)7-12/h2-7H,8-9H2,1H3,(H2,24,31)(H,25,26,27). The molecule has 0 unspecified atom stereocenters. The van der Waals surface area contributed by atoms with E-state index >= 15 is 0 Å². The molecule has 0 aliphatic rings. The average Bonchev–Trinajstić information content (AvgIpc) is 3.14. The number of anilines is 1. The summed E-state index contributed by atoms with van der Waals surface area (Å²) in [5.41, 5.74) is 6.44. The van der Waals surface area contributed by atoms with Gasteiger partial charge in [-0.3, -0.25) is 19.5 Å². The first-order valence-corrected chi connectivity index (χ1v) is 10.0. The quantitative estimate of drug-likeness (QED) is 0.391. The number of rotatable bonds is 7. The lowest BCUT2D eigenvalue weighted by Crippen LogP contribution is -2.32. The van der Waals surface area contributed by atoms with Gasteiger partial charge in [-0.05, 0) is 42.8 Å². The number of amides is 2. The second kappa shape index (κ2) is 9.47. The Hall–Kier alpha value is -2.94. The van der Waals surface area contributed by atoms with E-state index < -0.39 is 24.0 Å². The molecule has 0 bridgehead atoms. The summed E-state index contributed by atoms with van der Waals surface area (Å²) in [5, 5.41) is 7.12. The Balaban J connectivity index is 1.93. The molecule has 0 aliphatic carbocycles. The van der Waals surface area contributed by atoms with Crippen LogP contribution in [0.3, 0.4) is 0 Å². The highest BCUT2D eigenvalue weighted by atomic mass is 35.5. The zero-order valence-corrected chi connectivity index (χ0v) is 18.4. The van der Waals surface area contributed by atoms with Gasteiger partial charge in [-0.1, -0.05) is 40.9 Å². The number of Topliss-reactive ketones (excluding diaryl/α,β-unsaturated/α-hetero) is 1. The van der Waals surface area contributed by atoms with Gasteiger partial charge in [-0.25, -0.2) is 4.98 Å². The first kappa shape index (κ1) is 22.7. The van der Waals surface area contributed by atoms with Crippen molar-refractivity contribution < 1.29 is 14.4 Å². The number of aryl methyl sites for hydroxylation is 1. The van der Waals surface area contributed by atoms with Gasteiger partial charge in [0.1, 0.15) is 5.82 Å². The van der Waals surface area contributed by atoms with Crippen molar-refractivity contribution in [3.8, 4) is 0 Å². The van der Waals surface area contributed by atoms with Crippen LogP contribution in [0.5, 0.6) is 0 Å². The summed E-state index contributed by atoms with van der Waals surface area (Å²) in [6.07, 6.45) is -0.478. The van der Waals surface area contributed by atoms with Crippen LogP contribution in [0.1, 0.15) is 38.8 Å². The van der Waals surface area contributed by atoms with Gasteiger partial charge in [-0.2, -0.15) is 5.10 Å². The summed E-state index contributed by atoms with van der Waals surface area (Å²) in [6, 6.07) is 9.28. The zero-order valence-electron chi connectivity index (χ0n) is 16.2. The highest BCUT2D eigenvalue weighted by molar-refractivity contribution is 6.42. The molecular weight excluding hydrogens is 465 g/mol. The van der Waals surface area contributed by atoms with Crippen LogP contribution < -0.4 is 10.6 Å². The van der Waals surface area contributed by atoms with Gasteiger partial charge in [0, 0.05) is 5.69 Å². The Morgan fingerprint density at radius 1 is 1.03 bits per heavy atom. The lowest BCUT2D eigenvalue weighted by molar-refractivity contribution is -0.117. The fourth-order valence-corrected chi connectivity index (χ4v) is 3.38. The summed E-state index contributed by atoms with van der Waals surface area (Å²) in [6.45, 7) is 1.72. The number of halogens is 3. The molecule has 0 fully saturated rings. The number of H-pyrrole nitrogens is 1. The molecule has 0 saturated heterocycles. The van der Waals surface area contributed by atoms with E-state index in [9.17, 15) is 14.4 Å². The van der Waals surface area contributed by atoms with E-state index in [-0.39, 0.29) is 23.0 Å². The lowest BCUT2D eigenvalue weighted by atomic mass is 10.1. The molecule has 0 atom stereocenters. The van der Waals surface area contributed by atoms with Crippen molar-refractivity contribution in [1.29, 1.82) is 0 Å². The summed E-state index contributed by atoms with van der Waals surface area (Å²) in [4.78, 5) is 42.3. The van der Waals surface area contributed by atoms with Crippen LogP contribution in [0.4, 0.5) is 5.69 Å². The highest BCUT2D eigenvalue weighted by Gasteiger charge is 2.23. The van der Waals surface area contributed by atoms with Crippen LogP contribution >= 0.6 is 34.8 Å². The van der Waals surface area contributed by atoms with Crippen molar-refractivity contribution in [2.75, 3.05) is 4.90 Å². The molecule has 3 aromatic rings. The van der Waals surface area contributed by atoms with Crippen LogP contribution in [0.2, 0.25) is 15.1 Å². The van der Waals surface area contributed by atoms with E-state index in [4.69, 9.17) is 40.5 Å². The number of nitrogens with one attached hydrogen (secondary N) is 1. The molecule has 3 rings (SSSR count). The number of hydrogen-bond donors (Lipinski definition) is 2. The largest absolute Gasteiger partial charge is 0.366 e. The maximum atomic E-state index is 13.1. The van der Waals surface area contributed by atoms with Gasteiger partial charge in [-0.15, -0.1) is 0 Å². The maximum Gasteiger partial charge on any atom is 0.250 e. The zero-order chi connectivity index (χ0) is 22.7. The molecule has 0 aliphatic heterocycles. The number of aromatic nitrogens is 3. The number of benzene rings is 2. The molecule has 11 heteroatoms. The van der Waals surface area contributed by atoms with Gasteiger partial charge in [0.15, 0.2) is 0 Å². The number of hydrogen-bond acceptors (Lipinski definition) is 5. The van der Waals surface area contributed by atoms with Crippen LogP contribution in [-0.4, -0.2) is 32.8 Å². The number of ketones is 1. The van der Waals surface area contributed by atoms with E-state index in [2.05, 4.69) is 15.2 Å². The Morgan fingerprint density at radius 3 is 2.35 bits per heavy atom. The molecule has 160 valence electrons. The molecule has 1 heterocycles. The summed E-state index contributed by atoms with van der Waals surface area (Å²) in [5.74, 6) is -1.40. The van der Waals surface area contributed by atoms with E-state index in [1.54, 1.807) is 25.1 Å². The first-order valence-electron chi connectivity index (χ1n) is 8.91. The smallest absolute Gasteiger partial charge is 0.250 e. The Bertz CT molecular complexity index is 1180. The summed E-state index contributed by atoms with van der Waals surface area (Å²) < 4.78 is 0. The first-order chi connectivity index (χ1) is 14.7. The minimum Gasteiger partial charge on any atom is -0.366 e. The third-order valence-corrected chi connectivity index (χ3v) is 5.37. The average molecular weight is 481 g/mol. The molecule has 2 aromatic carbocycles. The van der Waals surface area contributed by atoms with Crippen molar-refractivity contribution in [2.45, 2.75) is 19.9 Å². The molecule has 31 heavy (non-hydrogen) atoms. The number of primary amides is 1. The van der Waals surface area contributed by atoms with Gasteiger partial charge >= 0.3 is 0 Å². The number of nitrogens with zero attached hydrogens (tertiary/aromatic N) is 3. The number of nitrogens with two attached hydrogens (primary N) is 1. The Labute approximate surface area is 192 Å². The van der Waals surface area contributed by atoms with Crippen molar-refractivity contribution in [3.63, 3.8) is 0 Å².